The van der Waals surface area contributed by atoms with Crippen molar-refractivity contribution in [1.82, 2.24) is 19.9 Å². The standard InChI is InChI=1S/C31H37N7O3S/c1-20-9-11-23(12-10-20)21(2)37-13-15-38(16-14-37)27-18-28(35-30(34-27)32-19-24-6-5-17-40-24)41-25-7-4-8-26-29(25)36-31(42-26)33-22(3)39/h4,7-12,18,21,24H,5-6,13-17,19H2,1-3H3,(H,32,34,35)(H,33,36,39)/t21-,24+/m1/s1. The van der Waals surface area contributed by atoms with Crippen molar-refractivity contribution in [3.63, 3.8) is 0 Å². The lowest BCUT2D eigenvalue weighted by Gasteiger charge is -2.38. The van der Waals surface area contributed by atoms with Crippen molar-refractivity contribution < 1.29 is 14.3 Å². The Morgan fingerprint density at radius 1 is 1.12 bits per heavy atom. The van der Waals surface area contributed by atoms with Gasteiger partial charge < -0.3 is 25.0 Å². The van der Waals surface area contributed by atoms with E-state index in [0.29, 0.717) is 40.8 Å². The Bertz CT molecular complexity index is 1530. The van der Waals surface area contributed by atoms with Gasteiger partial charge in [0.05, 0.1) is 10.8 Å². The molecule has 2 aromatic heterocycles. The number of carbonyl (C=O) groups is 1. The topological polar surface area (TPSA) is 105 Å². The summed E-state index contributed by atoms with van der Waals surface area (Å²) in [7, 11) is 0. The predicted molar refractivity (Wildman–Crippen MR) is 167 cm³/mol. The highest BCUT2D eigenvalue weighted by atomic mass is 32.1. The first-order valence-corrected chi connectivity index (χ1v) is 15.4. The Hall–Kier alpha value is -3.80. The van der Waals surface area contributed by atoms with Gasteiger partial charge in [0.1, 0.15) is 11.3 Å². The summed E-state index contributed by atoms with van der Waals surface area (Å²) in [6, 6.07) is 16.8. The molecule has 2 aliphatic heterocycles. The number of nitrogens with one attached hydrogen (secondary N) is 2. The van der Waals surface area contributed by atoms with Gasteiger partial charge in [-0.1, -0.05) is 47.2 Å². The van der Waals surface area contributed by atoms with E-state index in [-0.39, 0.29) is 12.0 Å². The molecule has 0 spiro atoms. The fourth-order valence-corrected chi connectivity index (χ4v) is 6.36. The third-order valence-corrected chi connectivity index (χ3v) is 8.76. The van der Waals surface area contributed by atoms with Crippen molar-refractivity contribution in [2.45, 2.75) is 45.8 Å². The Morgan fingerprint density at radius 2 is 1.93 bits per heavy atom. The number of fused-ring (bicyclic) bond motifs is 1. The third-order valence-electron chi connectivity index (χ3n) is 7.83. The number of benzene rings is 2. The van der Waals surface area contributed by atoms with E-state index in [1.807, 2.05) is 24.3 Å². The van der Waals surface area contributed by atoms with Crippen LogP contribution >= 0.6 is 11.3 Å². The number of aryl methyl sites for hydroxylation is 1. The van der Waals surface area contributed by atoms with Gasteiger partial charge in [0.2, 0.25) is 17.7 Å². The van der Waals surface area contributed by atoms with Crippen LogP contribution < -0.4 is 20.3 Å². The summed E-state index contributed by atoms with van der Waals surface area (Å²) in [5, 5.41) is 6.69. The Kier molecular flexibility index (Phi) is 8.50. The molecule has 6 rings (SSSR count). The minimum absolute atomic E-state index is 0.157. The Morgan fingerprint density at radius 3 is 2.67 bits per heavy atom. The van der Waals surface area contributed by atoms with E-state index in [1.165, 1.54) is 29.4 Å². The molecular weight excluding hydrogens is 550 g/mol. The molecule has 2 aromatic carbocycles. The maximum absolute atomic E-state index is 11.6. The highest BCUT2D eigenvalue weighted by molar-refractivity contribution is 7.22. The zero-order valence-corrected chi connectivity index (χ0v) is 25.1. The second-order valence-corrected chi connectivity index (χ2v) is 11.9. The number of thiazole rings is 1. The van der Waals surface area contributed by atoms with Crippen LogP contribution in [0.2, 0.25) is 0 Å². The number of aromatic nitrogens is 3. The van der Waals surface area contributed by atoms with Gasteiger partial charge in [-0.05, 0) is 44.4 Å². The van der Waals surface area contributed by atoms with Gasteiger partial charge in [0, 0.05) is 58.4 Å². The van der Waals surface area contributed by atoms with Crippen LogP contribution in [0.4, 0.5) is 16.9 Å². The molecule has 0 saturated carbocycles. The molecule has 2 atom stereocenters. The van der Waals surface area contributed by atoms with Crippen molar-refractivity contribution in [2.75, 3.05) is 54.9 Å². The van der Waals surface area contributed by atoms with Gasteiger partial charge in [-0.15, -0.1) is 0 Å². The van der Waals surface area contributed by atoms with Crippen LogP contribution in [-0.2, 0) is 9.53 Å². The quantitative estimate of drug-likeness (QED) is 0.258. The highest BCUT2D eigenvalue weighted by Crippen LogP contribution is 2.35. The smallest absolute Gasteiger partial charge is 0.228 e. The predicted octanol–water partition coefficient (Wildman–Crippen LogP) is 5.62. The lowest BCUT2D eigenvalue weighted by atomic mass is 10.0. The summed E-state index contributed by atoms with van der Waals surface area (Å²) in [5.41, 5.74) is 3.30. The SMILES string of the molecule is CC(=O)Nc1nc2c(Oc3cc(N4CCN([C@H](C)c5ccc(C)cc5)CC4)nc(NC[C@@H]4CCCO4)n3)cccc2s1. The molecule has 4 aromatic rings. The number of hydrogen-bond donors (Lipinski definition) is 2. The monoisotopic (exact) mass is 587 g/mol. The summed E-state index contributed by atoms with van der Waals surface area (Å²) in [5.74, 6) is 2.19. The first-order chi connectivity index (χ1) is 20.4. The largest absolute Gasteiger partial charge is 0.436 e. The van der Waals surface area contributed by atoms with Crippen molar-refractivity contribution in [3.05, 3.63) is 59.7 Å². The number of anilines is 3. The van der Waals surface area contributed by atoms with Crippen LogP contribution in [0.1, 0.15) is 43.9 Å². The number of para-hydroxylation sites is 1. The second kappa shape index (κ2) is 12.6. The van der Waals surface area contributed by atoms with E-state index in [9.17, 15) is 4.79 Å². The van der Waals surface area contributed by atoms with E-state index in [0.717, 1.165) is 56.1 Å². The summed E-state index contributed by atoms with van der Waals surface area (Å²) < 4.78 is 13.1. The molecule has 1 amide bonds. The molecule has 0 bridgehead atoms. The summed E-state index contributed by atoms with van der Waals surface area (Å²) in [6.45, 7) is 10.9. The molecule has 2 saturated heterocycles. The normalized spacial score (nSPS) is 18.3. The van der Waals surface area contributed by atoms with E-state index in [4.69, 9.17) is 19.4 Å². The van der Waals surface area contributed by atoms with Gasteiger partial charge in [0.15, 0.2) is 10.9 Å². The zero-order chi connectivity index (χ0) is 29.1. The van der Waals surface area contributed by atoms with Crippen LogP contribution in [0.3, 0.4) is 0 Å². The van der Waals surface area contributed by atoms with Crippen LogP contribution in [0, 0.1) is 6.92 Å². The average Bonchev–Trinajstić information content (AvgIpc) is 3.66. The Labute approximate surface area is 250 Å². The molecule has 42 heavy (non-hydrogen) atoms. The number of amides is 1. The minimum atomic E-state index is -0.160. The fraction of sp³-hybridized carbons (Fsp3) is 0.419. The zero-order valence-electron chi connectivity index (χ0n) is 24.3. The lowest BCUT2D eigenvalue weighted by Crippen LogP contribution is -2.47. The fourth-order valence-electron chi connectivity index (χ4n) is 5.43. The van der Waals surface area contributed by atoms with Crippen LogP contribution in [0.15, 0.2) is 48.5 Å². The first-order valence-electron chi connectivity index (χ1n) is 14.6. The molecule has 4 heterocycles. The number of piperazine rings is 1. The number of ether oxygens (including phenoxy) is 2. The summed E-state index contributed by atoms with van der Waals surface area (Å²) in [6.07, 6.45) is 2.26. The van der Waals surface area contributed by atoms with E-state index >= 15 is 0 Å². The molecule has 2 fully saturated rings. The van der Waals surface area contributed by atoms with E-state index in [1.54, 1.807) is 0 Å². The highest BCUT2D eigenvalue weighted by Gasteiger charge is 2.24. The van der Waals surface area contributed by atoms with Crippen molar-refractivity contribution in [3.8, 4) is 11.6 Å². The molecular formula is C31H37N7O3S. The molecule has 2 aliphatic rings. The van der Waals surface area contributed by atoms with Gasteiger partial charge in [0.25, 0.3) is 0 Å². The number of hydrogen-bond acceptors (Lipinski definition) is 10. The van der Waals surface area contributed by atoms with Crippen molar-refractivity contribution in [2.24, 2.45) is 0 Å². The average molecular weight is 588 g/mol. The number of carbonyl (C=O) groups excluding carboxylic acids is 1. The van der Waals surface area contributed by atoms with Crippen LogP contribution in [0.25, 0.3) is 10.2 Å². The van der Waals surface area contributed by atoms with Gasteiger partial charge in [-0.25, -0.2) is 4.98 Å². The van der Waals surface area contributed by atoms with Gasteiger partial charge >= 0.3 is 0 Å². The van der Waals surface area contributed by atoms with E-state index < -0.39 is 0 Å². The first kappa shape index (κ1) is 28.3. The van der Waals surface area contributed by atoms with Gasteiger partial charge in [-0.2, -0.15) is 9.97 Å². The van der Waals surface area contributed by atoms with E-state index in [2.05, 4.69) is 63.5 Å². The Balaban J connectivity index is 1.22. The lowest BCUT2D eigenvalue weighted by molar-refractivity contribution is -0.114. The van der Waals surface area contributed by atoms with Crippen LogP contribution in [-0.4, -0.2) is 71.2 Å². The summed E-state index contributed by atoms with van der Waals surface area (Å²) in [4.78, 5) is 30.6. The second-order valence-electron chi connectivity index (χ2n) is 10.9. The minimum Gasteiger partial charge on any atom is -0.436 e. The number of nitrogens with zero attached hydrogens (tertiary/aromatic N) is 5. The molecule has 11 heteroatoms. The van der Waals surface area contributed by atoms with Crippen molar-refractivity contribution in [1.29, 1.82) is 0 Å². The molecule has 2 N–H and O–H groups in total. The molecule has 0 unspecified atom stereocenters. The summed E-state index contributed by atoms with van der Waals surface area (Å²) >= 11 is 1.41. The molecule has 0 aliphatic carbocycles. The van der Waals surface area contributed by atoms with Gasteiger partial charge in [-0.3, -0.25) is 9.69 Å². The third kappa shape index (κ3) is 6.64. The number of rotatable bonds is 9. The van der Waals surface area contributed by atoms with Crippen molar-refractivity contribution >= 4 is 44.4 Å². The van der Waals surface area contributed by atoms with Crippen LogP contribution in [0.5, 0.6) is 11.6 Å². The molecule has 220 valence electrons. The molecule has 10 nitrogen and oxygen atoms in total. The maximum atomic E-state index is 11.6. The molecule has 0 radical (unpaired) electrons. The maximum Gasteiger partial charge on any atom is 0.228 e.